The molecule has 3 aromatic rings. The number of thiophene rings is 1. The zero-order chi connectivity index (χ0) is 19.5. The molecule has 1 aliphatic rings. The molecule has 0 spiro atoms. The van der Waals surface area contributed by atoms with Crippen LogP contribution in [0, 0.1) is 5.92 Å². The average Bonchev–Trinajstić information content (AvgIpc) is 3.07. The number of fused-ring (bicyclic) bond motifs is 3. The highest BCUT2D eigenvalue weighted by atomic mass is 32.1. The molecule has 148 valence electrons. The first-order chi connectivity index (χ1) is 13.6. The summed E-state index contributed by atoms with van der Waals surface area (Å²) in [6, 6.07) is 4.58. The minimum Gasteiger partial charge on any atom is -0.313 e. The molecule has 0 fully saturated rings. The van der Waals surface area contributed by atoms with Crippen LogP contribution in [0.4, 0.5) is 0 Å². The minimum absolute atomic E-state index is 0.130. The summed E-state index contributed by atoms with van der Waals surface area (Å²) in [5.74, 6) is 0.657. The van der Waals surface area contributed by atoms with E-state index in [9.17, 15) is 4.79 Å². The lowest BCUT2D eigenvalue weighted by atomic mass is 9.93. The topological polar surface area (TPSA) is 59.8 Å². The van der Waals surface area contributed by atoms with Crippen LogP contribution in [0.1, 0.15) is 42.7 Å². The Hall–Kier alpha value is -2.05. The third-order valence-corrected chi connectivity index (χ3v) is 6.63. The first-order valence-electron chi connectivity index (χ1n) is 10.2. The fourth-order valence-corrected chi connectivity index (χ4v) is 5.20. The number of pyridine rings is 1. The Kier molecular flexibility index (Phi) is 5.87. The molecule has 0 saturated heterocycles. The number of hydrogen-bond donors (Lipinski definition) is 1. The van der Waals surface area contributed by atoms with Gasteiger partial charge in [-0.25, -0.2) is 4.98 Å². The highest BCUT2D eigenvalue weighted by Crippen LogP contribution is 2.33. The molecule has 0 bridgehead atoms. The molecule has 6 heteroatoms. The quantitative estimate of drug-likeness (QED) is 0.663. The largest absolute Gasteiger partial charge is 0.313 e. The number of nitrogens with one attached hydrogen (secondary N) is 1. The van der Waals surface area contributed by atoms with E-state index in [1.54, 1.807) is 22.2 Å². The van der Waals surface area contributed by atoms with Gasteiger partial charge in [-0.2, -0.15) is 0 Å². The van der Waals surface area contributed by atoms with Crippen LogP contribution in [0.3, 0.4) is 0 Å². The van der Waals surface area contributed by atoms with Crippen molar-refractivity contribution in [2.24, 2.45) is 5.92 Å². The molecule has 0 aliphatic heterocycles. The Balaban J connectivity index is 1.49. The van der Waals surface area contributed by atoms with Crippen LogP contribution < -0.4 is 10.9 Å². The van der Waals surface area contributed by atoms with Crippen molar-refractivity contribution in [3.05, 3.63) is 57.2 Å². The standard InChI is InChI=1S/C22H28N4OS/c1-15(2)13-24-17-5-6-18-19(12-17)28-21-20(18)22(27)26(14-25-21)11-3-4-16-7-9-23-10-8-16/h7-10,14-15,17,24H,3-6,11-13H2,1-2H3. The smallest absolute Gasteiger partial charge is 0.262 e. The Morgan fingerprint density at radius 1 is 1.32 bits per heavy atom. The van der Waals surface area contributed by atoms with Gasteiger partial charge in [0.05, 0.1) is 11.7 Å². The van der Waals surface area contributed by atoms with Crippen molar-refractivity contribution < 1.29 is 0 Å². The van der Waals surface area contributed by atoms with E-state index in [0.717, 1.165) is 48.9 Å². The van der Waals surface area contributed by atoms with E-state index in [1.165, 1.54) is 16.0 Å². The van der Waals surface area contributed by atoms with E-state index >= 15 is 0 Å². The predicted molar refractivity (Wildman–Crippen MR) is 115 cm³/mol. The van der Waals surface area contributed by atoms with E-state index in [4.69, 9.17) is 0 Å². The number of nitrogens with zero attached hydrogens (tertiary/aromatic N) is 3. The second kappa shape index (κ2) is 8.53. The Labute approximate surface area is 169 Å². The van der Waals surface area contributed by atoms with Crippen LogP contribution in [0.25, 0.3) is 10.2 Å². The molecule has 0 aromatic carbocycles. The molecule has 1 atom stereocenters. The number of hydrogen-bond acceptors (Lipinski definition) is 5. The van der Waals surface area contributed by atoms with Crippen LogP contribution >= 0.6 is 11.3 Å². The van der Waals surface area contributed by atoms with Crippen LogP contribution in [0.2, 0.25) is 0 Å². The van der Waals surface area contributed by atoms with Gasteiger partial charge in [-0.15, -0.1) is 11.3 Å². The zero-order valence-corrected chi connectivity index (χ0v) is 17.5. The van der Waals surface area contributed by atoms with Gasteiger partial charge < -0.3 is 5.32 Å². The second-order valence-electron chi connectivity index (χ2n) is 8.13. The van der Waals surface area contributed by atoms with E-state index < -0.39 is 0 Å². The first-order valence-corrected chi connectivity index (χ1v) is 11.1. The monoisotopic (exact) mass is 396 g/mol. The van der Waals surface area contributed by atoms with Gasteiger partial charge >= 0.3 is 0 Å². The fraction of sp³-hybridized carbons (Fsp3) is 0.500. The lowest BCUT2D eigenvalue weighted by molar-refractivity contribution is 0.428. The third kappa shape index (κ3) is 4.18. The van der Waals surface area contributed by atoms with Crippen molar-refractivity contribution >= 4 is 21.6 Å². The minimum atomic E-state index is 0.130. The summed E-state index contributed by atoms with van der Waals surface area (Å²) in [4.78, 5) is 24.0. The number of aryl methyl sites for hydroxylation is 3. The zero-order valence-electron chi connectivity index (χ0n) is 16.6. The first kappa shape index (κ1) is 19.3. The van der Waals surface area contributed by atoms with Gasteiger partial charge in [-0.05, 0) is 67.8 Å². The predicted octanol–water partition coefficient (Wildman–Crippen LogP) is 3.59. The molecule has 1 aliphatic carbocycles. The molecule has 0 radical (unpaired) electrons. The maximum absolute atomic E-state index is 13.1. The summed E-state index contributed by atoms with van der Waals surface area (Å²) < 4.78 is 1.79. The van der Waals surface area contributed by atoms with E-state index in [1.807, 2.05) is 24.5 Å². The van der Waals surface area contributed by atoms with E-state index in [-0.39, 0.29) is 5.56 Å². The van der Waals surface area contributed by atoms with Crippen molar-refractivity contribution in [1.82, 2.24) is 19.9 Å². The molecule has 5 nitrogen and oxygen atoms in total. The van der Waals surface area contributed by atoms with Crippen molar-refractivity contribution in [3.63, 3.8) is 0 Å². The molecule has 3 heterocycles. The van der Waals surface area contributed by atoms with Crippen molar-refractivity contribution in [2.75, 3.05) is 6.54 Å². The molecular weight excluding hydrogens is 368 g/mol. The summed E-state index contributed by atoms with van der Waals surface area (Å²) in [6.07, 6.45) is 10.3. The molecule has 1 N–H and O–H groups in total. The van der Waals surface area contributed by atoms with Crippen molar-refractivity contribution in [2.45, 2.75) is 58.5 Å². The maximum atomic E-state index is 13.1. The lowest BCUT2D eigenvalue weighted by Gasteiger charge is -2.24. The second-order valence-corrected chi connectivity index (χ2v) is 9.21. The van der Waals surface area contributed by atoms with Gasteiger partial charge in [0, 0.05) is 29.9 Å². The van der Waals surface area contributed by atoms with Crippen LogP contribution in [-0.4, -0.2) is 27.1 Å². The van der Waals surface area contributed by atoms with Gasteiger partial charge in [0.25, 0.3) is 5.56 Å². The maximum Gasteiger partial charge on any atom is 0.262 e. The van der Waals surface area contributed by atoms with E-state index in [2.05, 4.69) is 29.1 Å². The summed E-state index contributed by atoms with van der Waals surface area (Å²) in [7, 11) is 0. The van der Waals surface area contributed by atoms with E-state index in [0.29, 0.717) is 18.5 Å². The molecule has 1 unspecified atom stereocenters. The molecule has 0 saturated carbocycles. The SMILES string of the molecule is CC(C)CNC1CCc2c(sc3ncn(CCCc4ccncc4)c(=O)c23)C1. The summed E-state index contributed by atoms with van der Waals surface area (Å²) >= 11 is 1.71. The third-order valence-electron chi connectivity index (χ3n) is 5.46. The molecule has 3 aromatic heterocycles. The van der Waals surface area contributed by atoms with Crippen LogP contribution in [0.15, 0.2) is 35.6 Å². The molecular formula is C22H28N4OS. The Morgan fingerprint density at radius 2 is 2.14 bits per heavy atom. The molecule has 4 rings (SSSR count). The summed E-state index contributed by atoms with van der Waals surface area (Å²) in [6.45, 7) is 6.23. The highest BCUT2D eigenvalue weighted by Gasteiger charge is 2.25. The number of aromatic nitrogens is 3. The van der Waals surface area contributed by atoms with Gasteiger partial charge in [0.15, 0.2) is 0 Å². The van der Waals surface area contributed by atoms with Gasteiger partial charge in [0.1, 0.15) is 4.83 Å². The van der Waals surface area contributed by atoms with Gasteiger partial charge in [0.2, 0.25) is 0 Å². The highest BCUT2D eigenvalue weighted by molar-refractivity contribution is 7.18. The van der Waals surface area contributed by atoms with Crippen molar-refractivity contribution in [3.8, 4) is 0 Å². The molecule has 28 heavy (non-hydrogen) atoms. The van der Waals surface area contributed by atoms with Gasteiger partial charge in [-0.1, -0.05) is 13.8 Å². The Morgan fingerprint density at radius 3 is 2.93 bits per heavy atom. The van der Waals surface area contributed by atoms with Gasteiger partial charge in [-0.3, -0.25) is 14.3 Å². The summed E-state index contributed by atoms with van der Waals surface area (Å²) in [5, 5.41) is 4.54. The van der Waals surface area contributed by atoms with Crippen LogP contribution in [0.5, 0.6) is 0 Å². The molecule has 0 amide bonds. The van der Waals surface area contributed by atoms with Crippen LogP contribution in [-0.2, 0) is 25.8 Å². The fourth-order valence-electron chi connectivity index (χ4n) is 3.94. The normalized spacial score (nSPS) is 16.6. The Bertz CT molecular complexity index is 993. The van der Waals surface area contributed by atoms with Crippen molar-refractivity contribution in [1.29, 1.82) is 0 Å². The summed E-state index contributed by atoms with van der Waals surface area (Å²) in [5.41, 5.74) is 2.64. The average molecular weight is 397 g/mol. The number of rotatable bonds is 7. The lowest BCUT2D eigenvalue weighted by Crippen LogP contribution is -2.36.